The fourth-order valence-corrected chi connectivity index (χ4v) is 3.77. The van der Waals surface area contributed by atoms with Gasteiger partial charge >= 0.3 is 0 Å². The standard InChI is InChI=1S/C23H28ClFO7/c24-18-6-3-15(23-22(29)21(28)20(27)19(13-26)32-23)12-16(18)11-14-1-4-17(5-2-14)31-10-9-30-8-7-25/h1-6,12,19-23,26-29H,7-11,13H2/t19-,20-,21+,22-,23+/m1/s1. The molecule has 32 heavy (non-hydrogen) atoms. The van der Waals surface area contributed by atoms with Gasteiger partial charge in [0.15, 0.2) is 0 Å². The van der Waals surface area contributed by atoms with Crippen LogP contribution in [0.15, 0.2) is 42.5 Å². The SMILES string of the molecule is OC[C@H]1O[C@@H](c2ccc(Cl)c(Cc3ccc(OCCOCCF)cc3)c2)[C@H](O)[C@@H](O)[C@@H]1O. The van der Waals surface area contributed by atoms with Crippen LogP contribution in [0.3, 0.4) is 0 Å². The molecule has 0 aliphatic carbocycles. The van der Waals surface area contributed by atoms with E-state index in [0.29, 0.717) is 36.0 Å². The van der Waals surface area contributed by atoms with Crippen molar-refractivity contribution in [3.05, 3.63) is 64.2 Å². The van der Waals surface area contributed by atoms with E-state index in [-0.39, 0.29) is 6.61 Å². The van der Waals surface area contributed by atoms with Gasteiger partial charge in [-0.15, -0.1) is 0 Å². The normalized spacial score (nSPS) is 25.6. The molecule has 3 rings (SSSR count). The second-order valence-electron chi connectivity index (χ2n) is 7.57. The van der Waals surface area contributed by atoms with E-state index in [0.717, 1.165) is 11.1 Å². The summed E-state index contributed by atoms with van der Waals surface area (Å²) in [5.41, 5.74) is 2.34. The monoisotopic (exact) mass is 470 g/mol. The maximum atomic E-state index is 12.0. The molecule has 176 valence electrons. The van der Waals surface area contributed by atoms with Crippen LogP contribution in [0.5, 0.6) is 5.75 Å². The number of ether oxygens (including phenoxy) is 3. The minimum absolute atomic E-state index is 0.0608. The van der Waals surface area contributed by atoms with Crippen molar-refractivity contribution in [3.8, 4) is 5.75 Å². The predicted octanol–water partition coefficient (Wildman–Crippen LogP) is 1.81. The summed E-state index contributed by atoms with van der Waals surface area (Å²) in [6, 6.07) is 12.6. The number of halogens is 2. The van der Waals surface area contributed by atoms with Crippen LogP contribution >= 0.6 is 11.6 Å². The lowest BCUT2D eigenvalue weighted by Gasteiger charge is -2.40. The van der Waals surface area contributed by atoms with Crippen LogP contribution in [0.2, 0.25) is 5.02 Å². The third-order valence-corrected chi connectivity index (χ3v) is 5.70. The Hall–Kier alpha value is -1.78. The predicted molar refractivity (Wildman–Crippen MR) is 116 cm³/mol. The van der Waals surface area contributed by atoms with Crippen LogP contribution in [0, 0.1) is 0 Å². The molecule has 1 heterocycles. The average Bonchev–Trinajstić information content (AvgIpc) is 2.80. The van der Waals surface area contributed by atoms with Crippen LogP contribution in [-0.4, -0.2) is 77.9 Å². The van der Waals surface area contributed by atoms with Crippen molar-refractivity contribution in [1.29, 1.82) is 0 Å². The molecular weight excluding hydrogens is 443 g/mol. The molecule has 1 fully saturated rings. The highest BCUT2D eigenvalue weighted by Gasteiger charge is 2.44. The minimum Gasteiger partial charge on any atom is -0.491 e. The highest BCUT2D eigenvalue weighted by Crippen LogP contribution is 2.34. The van der Waals surface area contributed by atoms with E-state index in [1.165, 1.54) is 0 Å². The Morgan fingerprint density at radius 3 is 2.38 bits per heavy atom. The zero-order valence-electron chi connectivity index (χ0n) is 17.4. The fraction of sp³-hybridized carbons (Fsp3) is 0.478. The smallest absolute Gasteiger partial charge is 0.119 e. The molecule has 0 spiro atoms. The second kappa shape index (κ2) is 11.9. The van der Waals surface area contributed by atoms with Gasteiger partial charge in [0.25, 0.3) is 0 Å². The summed E-state index contributed by atoms with van der Waals surface area (Å²) in [7, 11) is 0. The van der Waals surface area contributed by atoms with Crippen LogP contribution in [0.25, 0.3) is 0 Å². The first kappa shape index (κ1) is 24.9. The molecule has 7 nitrogen and oxygen atoms in total. The first-order chi connectivity index (χ1) is 15.4. The highest BCUT2D eigenvalue weighted by atomic mass is 35.5. The molecule has 0 aromatic heterocycles. The largest absolute Gasteiger partial charge is 0.491 e. The van der Waals surface area contributed by atoms with Gasteiger partial charge in [0, 0.05) is 5.02 Å². The maximum Gasteiger partial charge on any atom is 0.119 e. The summed E-state index contributed by atoms with van der Waals surface area (Å²) in [5, 5.41) is 40.4. The lowest BCUT2D eigenvalue weighted by Crippen LogP contribution is -2.55. The molecule has 2 aromatic rings. The molecule has 0 saturated carbocycles. The summed E-state index contributed by atoms with van der Waals surface area (Å²) in [4.78, 5) is 0. The minimum atomic E-state index is -1.44. The van der Waals surface area contributed by atoms with E-state index in [4.69, 9.17) is 25.8 Å². The molecular formula is C23H28ClFO7. The first-order valence-corrected chi connectivity index (χ1v) is 10.8. The molecule has 9 heteroatoms. The average molecular weight is 471 g/mol. The lowest BCUT2D eigenvalue weighted by atomic mass is 9.90. The summed E-state index contributed by atoms with van der Waals surface area (Å²) >= 11 is 6.37. The van der Waals surface area contributed by atoms with Gasteiger partial charge in [0.1, 0.15) is 49.6 Å². The van der Waals surface area contributed by atoms with Gasteiger partial charge in [-0.3, -0.25) is 0 Å². The molecule has 4 N–H and O–H groups in total. The van der Waals surface area contributed by atoms with E-state index < -0.39 is 43.8 Å². The van der Waals surface area contributed by atoms with Crippen molar-refractivity contribution < 1.29 is 39.0 Å². The highest BCUT2D eigenvalue weighted by molar-refractivity contribution is 6.31. The molecule has 0 radical (unpaired) electrons. The molecule has 0 unspecified atom stereocenters. The number of rotatable bonds is 10. The Morgan fingerprint density at radius 1 is 0.938 bits per heavy atom. The number of hydrogen-bond donors (Lipinski definition) is 4. The number of benzene rings is 2. The fourth-order valence-electron chi connectivity index (χ4n) is 3.58. The third kappa shape index (κ3) is 6.17. The van der Waals surface area contributed by atoms with Gasteiger partial charge in [-0.05, 0) is 41.3 Å². The zero-order valence-corrected chi connectivity index (χ0v) is 18.2. The third-order valence-electron chi connectivity index (χ3n) is 5.33. The van der Waals surface area contributed by atoms with Crippen molar-refractivity contribution in [2.45, 2.75) is 36.9 Å². The van der Waals surface area contributed by atoms with Gasteiger partial charge in [-0.25, -0.2) is 4.39 Å². The van der Waals surface area contributed by atoms with Crippen molar-refractivity contribution in [2.75, 3.05) is 33.1 Å². The molecule has 1 aliphatic rings. The molecule has 5 atom stereocenters. The van der Waals surface area contributed by atoms with Gasteiger partial charge < -0.3 is 34.6 Å². The van der Waals surface area contributed by atoms with Crippen molar-refractivity contribution in [2.24, 2.45) is 0 Å². The first-order valence-electron chi connectivity index (χ1n) is 10.4. The summed E-state index contributed by atoms with van der Waals surface area (Å²) in [6.07, 6.45) is -5.60. The number of aliphatic hydroxyl groups is 4. The molecule has 2 aromatic carbocycles. The molecule has 1 saturated heterocycles. The Morgan fingerprint density at radius 2 is 1.69 bits per heavy atom. The van der Waals surface area contributed by atoms with Gasteiger partial charge in [-0.2, -0.15) is 0 Å². The Balaban J connectivity index is 1.67. The van der Waals surface area contributed by atoms with Gasteiger partial charge in [0.2, 0.25) is 0 Å². The second-order valence-corrected chi connectivity index (χ2v) is 7.98. The number of aliphatic hydroxyl groups excluding tert-OH is 4. The summed E-state index contributed by atoms with van der Waals surface area (Å²) < 4.78 is 28.2. The summed E-state index contributed by atoms with van der Waals surface area (Å²) in [6.45, 7) is -0.309. The van der Waals surface area contributed by atoms with Crippen LogP contribution in [0.4, 0.5) is 4.39 Å². The number of alkyl halides is 1. The maximum absolute atomic E-state index is 12.0. The van der Waals surface area contributed by atoms with E-state index in [2.05, 4.69) is 0 Å². The van der Waals surface area contributed by atoms with E-state index in [1.54, 1.807) is 18.2 Å². The zero-order chi connectivity index (χ0) is 23.1. The van der Waals surface area contributed by atoms with Gasteiger partial charge in [-0.1, -0.05) is 35.9 Å². The Kier molecular flexibility index (Phi) is 9.24. The summed E-state index contributed by atoms with van der Waals surface area (Å²) in [5.74, 6) is 0.666. The van der Waals surface area contributed by atoms with E-state index in [9.17, 15) is 24.8 Å². The molecule has 0 amide bonds. The Labute approximate surface area is 190 Å². The topological polar surface area (TPSA) is 109 Å². The van der Waals surface area contributed by atoms with Crippen molar-refractivity contribution >= 4 is 11.6 Å². The number of hydrogen-bond acceptors (Lipinski definition) is 7. The molecule has 1 aliphatic heterocycles. The van der Waals surface area contributed by atoms with E-state index in [1.807, 2.05) is 24.3 Å². The Bertz CT molecular complexity index is 849. The lowest BCUT2D eigenvalue weighted by molar-refractivity contribution is -0.231. The van der Waals surface area contributed by atoms with Crippen LogP contribution in [0.1, 0.15) is 22.8 Å². The van der Waals surface area contributed by atoms with Crippen LogP contribution in [-0.2, 0) is 15.9 Å². The molecule has 0 bridgehead atoms. The van der Waals surface area contributed by atoms with Crippen molar-refractivity contribution in [1.82, 2.24) is 0 Å². The van der Waals surface area contributed by atoms with Crippen LogP contribution < -0.4 is 4.74 Å². The quantitative estimate of drug-likeness (QED) is 0.392. The van der Waals surface area contributed by atoms with E-state index >= 15 is 0 Å². The van der Waals surface area contributed by atoms with Crippen molar-refractivity contribution in [3.63, 3.8) is 0 Å². The van der Waals surface area contributed by atoms with Gasteiger partial charge in [0.05, 0.1) is 19.8 Å².